The van der Waals surface area contributed by atoms with E-state index in [1.807, 2.05) is 35.0 Å². The lowest BCUT2D eigenvalue weighted by atomic mass is 10.1. The molecule has 1 aromatic rings. The summed E-state index contributed by atoms with van der Waals surface area (Å²) in [6.45, 7) is 0.507. The Labute approximate surface area is 89.3 Å². The van der Waals surface area contributed by atoms with E-state index in [0.717, 1.165) is 18.5 Å². The Balaban J connectivity index is 2.09. The van der Waals surface area contributed by atoms with Gasteiger partial charge in [-0.25, -0.2) is 0 Å². The third-order valence-electron chi connectivity index (χ3n) is 3.11. The summed E-state index contributed by atoms with van der Waals surface area (Å²) in [7, 11) is 1.97. The maximum Gasteiger partial charge on any atom is 0.246 e. The Kier molecular flexibility index (Phi) is 1.75. The van der Waals surface area contributed by atoms with Crippen LogP contribution in [0.25, 0.3) is 0 Å². The molecule has 0 atom stereocenters. The van der Waals surface area contributed by atoms with Gasteiger partial charge in [0.1, 0.15) is 0 Å². The maximum absolute atomic E-state index is 11.9. The van der Waals surface area contributed by atoms with E-state index in [1.165, 1.54) is 5.69 Å². The molecule has 78 valence electrons. The summed E-state index contributed by atoms with van der Waals surface area (Å²) in [5, 5.41) is 0. The van der Waals surface area contributed by atoms with Crippen LogP contribution in [0.2, 0.25) is 0 Å². The molecule has 0 unspecified atom stereocenters. The number of amides is 1. The second-order valence-corrected chi connectivity index (χ2v) is 4.34. The number of hydrogen-bond donors (Lipinski definition) is 0. The van der Waals surface area contributed by atoms with Crippen molar-refractivity contribution < 1.29 is 4.79 Å². The number of fused-ring (bicyclic) bond motifs is 1. The van der Waals surface area contributed by atoms with Gasteiger partial charge in [0, 0.05) is 13.1 Å². The number of benzene rings is 1. The average Bonchev–Trinajstić information content (AvgIpc) is 3.02. The Morgan fingerprint density at radius 2 is 1.87 bits per heavy atom. The van der Waals surface area contributed by atoms with Crippen LogP contribution >= 0.6 is 0 Å². The molecule has 15 heavy (non-hydrogen) atoms. The van der Waals surface area contributed by atoms with E-state index in [4.69, 9.17) is 0 Å². The van der Waals surface area contributed by atoms with Gasteiger partial charge in [-0.2, -0.15) is 0 Å². The molecular formula is C12H14N2O. The van der Waals surface area contributed by atoms with Crippen LogP contribution in [0.15, 0.2) is 24.3 Å². The van der Waals surface area contributed by atoms with E-state index in [-0.39, 0.29) is 5.91 Å². The molecule has 1 amide bonds. The first kappa shape index (κ1) is 8.77. The van der Waals surface area contributed by atoms with Crippen LogP contribution in [0.4, 0.5) is 11.4 Å². The van der Waals surface area contributed by atoms with Crippen molar-refractivity contribution in [3.63, 3.8) is 0 Å². The van der Waals surface area contributed by atoms with Crippen molar-refractivity contribution in [2.75, 3.05) is 23.4 Å². The average molecular weight is 202 g/mol. The topological polar surface area (TPSA) is 23.6 Å². The van der Waals surface area contributed by atoms with E-state index in [1.54, 1.807) is 0 Å². The molecule has 1 saturated carbocycles. The van der Waals surface area contributed by atoms with Gasteiger partial charge < -0.3 is 9.80 Å². The Bertz CT molecular complexity index is 412. The van der Waals surface area contributed by atoms with Gasteiger partial charge in [0.2, 0.25) is 5.91 Å². The van der Waals surface area contributed by atoms with Gasteiger partial charge in [0.25, 0.3) is 0 Å². The van der Waals surface area contributed by atoms with Gasteiger partial charge in [0.05, 0.1) is 17.9 Å². The minimum Gasteiger partial charge on any atom is -0.364 e. The van der Waals surface area contributed by atoms with Crippen LogP contribution in [0.5, 0.6) is 0 Å². The summed E-state index contributed by atoms with van der Waals surface area (Å²) in [6.07, 6.45) is 2.31. The van der Waals surface area contributed by atoms with Crippen LogP contribution in [0, 0.1) is 0 Å². The number of para-hydroxylation sites is 2. The summed E-state index contributed by atoms with van der Waals surface area (Å²) >= 11 is 0. The third kappa shape index (κ3) is 1.30. The lowest BCUT2D eigenvalue weighted by molar-refractivity contribution is -0.117. The van der Waals surface area contributed by atoms with Crippen LogP contribution < -0.4 is 9.80 Å². The van der Waals surface area contributed by atoms with E-state index < -0.39 is 0 Å². The molecule has 3 rings (SSSR count). The van der Waals surface area contributed by atoms with Crippen molar-refractivity contribution in [3.05, 3.63) is 24.3 Å². The van der Waals surface area contributed by atoms with E-state index in [0.29, 0.717) is 12.6 Å². The fourth-order valence-electron chi connectivity index (χ4n) is 2.22. The maximum atomic E-state index is 11.9. The minimum atomic E-state index is 0.235. The number of carbonyl (C=O) groups excluding carboxylic acids is 1. The molecule has 0 N–H and O–H groups in total. The largest absolute Gasteiger partial charge is 0.364 e. The number of likely N-dealkylation sites (N-methyl/N-ethyl adjacent to an activating group) is 1. The molecule has 3 heteroatoms. The molecule has 1 aliphatic heterocycles. The second kappa shape index (κ2) is 2.99. The fraction of sp³-hybridized carbons (Fsp3) is 0.417. The second-order valence-electron chi connectivity index (χ2n) is 4.34. The highest BCUT2D eigenvalue weighted by Gasteiger charge is 2.37. The smallest absolute Gasteiger partial charge is 0.246 e. The number of hydrogen-bond acceptors (Lipinski definition) is 2. The first-order valence-corrected chi connectivity index (χ1v) is 5.39. The Hall–Kier alpha value is -1.51. The number of carbonyl (C=O) groups is 1. The van der Waals surface area contributed by atoms with Crippen LogP contribution in [-0.2, 0) is 4.79 Å². The van der Waals surface area contributed by atoms with Gasteiger partial charge >= 0.3 is 0 Å². The normalized spacial score (nSPS) is 20.5. The summed E-state index contributed by atoms with van der Waals surface area (Å²) in [5.74, 6) is 0.235. The quantitative estimate of drug-likeness (QED) is 0.691. The zero-order chi connectivity index (χ0) is 10.4. The number of rotatable bonds is 1. The number of anilines is 2. The van der Waals surface area contributed by atoms with Crippen LogP contribution in [0.3, 0.4) is 0 Å². The highest BCUT2D eigenvalue weighted by Crippen LogP contribution is 2.39. The van der Waals surface area contributed by atoms with Crippen molar-refractivity contribution >= 4 is 17.3 Å². The monoisotopic (exact) mass is 202 g/mol. The highest BCUT2D eigenvalue weighted by molar-refractivity contribution is 6.03. The molecule has 0 aromatic heterocycles. The zero-order valence-electron chi connectivity index (χ0n) is 8.81. The van der Waals surface area contributed by atoms with Gasteiger partial charge in [-0.1, -0.05) is 12.1 Å². The summed E-state index contributed by atoms with van der Waals surface area (Å²) in [5.41, 5.74) is 2.25. The molecule has 1 aliphatic carbocycles. The summed E-state index contributed by atoms with van der Waals surface area (Å²) < 4.78 is 0. The number of nitrogens with zero attached hydrogens (tertiary/aromatic N) is 2. The van der Waals surface area contributed by atoms with Crippen molar-refractivity contribution in [2.24, 2.45) is 0 Å². The predicted molar refractivity (Wildman–Crippen MR) is 60.2 cm³/mol. The van der Waals surface area contributed by atoms with Crippen molar-refractivity contribution in [1.29, 1.82) is 0 Å². The SMILES string of the molecule is CN1CC(=O)N(C2CC2)c2ccccc21. The van der Waals surface area contributed by atoms with Crippen LogP contribution in [0.1, 0.15) is 12.8 Å². The lowest BCUT2D eigenvalue weighted by Crippen LogP contribution is -2.45. The first-order valence-electron chi connectivity index (χ1n) is 5.39. The van der Waals surface area contributed by atoms with Gasteiger partial charge in [-0.3, -0.25) is 4.79 Å². The Morgan fingerprint density at radius 3 is 2.53 bits per heavy atom. The molecular weight excluding hydrogens is 188 g/mol. The highest BCUT2D eigenvalue weighted by atomic mass is 16.2. The van der Waals surface area contributed by atoms with Crippen molar-refractivity contribution in [2.45, 2.75) is 18.9 Å². The molecule has 0 radical (unpaired) electrons. The van der Waals surface area contributed by atoms with Gasteiger partial charge in [-0.15, -0.1) is 0 Å². The lowest BCUT2D eigenvalue weighted by Gasteiger charge is -2.35. The molecule has 1 aromatic carbocycles. The molecule has 0 saturated heterocycles. The molecule has 0 spiro atoms. The Morgan fingerprint density at radius 1 is 1.20 bits per heavy atom. The summed E-state index contributed by atoms with van der Waals surface area (Å²) in [4.78, 5) is 15.9. The minimum absolute atomic E-state index is 0.235. The molecule has 0 bridgehead atoms. The summed E-state index contributed by atoms with van der Waals surface area (Å²) in [6, 6.07) is 8.61. The van der Waals surface area contributed by atoms with Crippen LogP contribution in [-0.4, -0.2) is 25.5 Å². The standard InChI is InChI=1S/C12H14N2O/c1-13-8-12(15)14(9-6-7-9)11-5-3-2-4-10(11)13/h2-5,9H,6-8H2,1H3. The zero-order valence-corrected chi connectivity index (χ0v) is 8.81. The third-order valence-corrected chi connectivity index (χ3v) is 3.11. The van der Waals surface area contributed by atoms with Gasteiger partial charge in [0.15, 0.2) is 0 Å². The van der Waals surface area contributed by atoms with Crippen molar-refractivity contribution in [3.8, 4) is 0 Å². The molecule has 1 fully saturated rings. The van der Waals surface area contributed by atoms with Gasteiger partial charge in [-0.05, 0) is 25.0 Å². The molecule has 3 nitrogen and oxygen atoms in total. The predicted octanol–water partition coefficient (Wildman–Crippen LogP) is 1.63. The van der Waals surface area contributed by atoms with E-state index in [9.17, 15) is 4.79 Å². The molecule has 2 aliphatic rings. The molecule has 1 heterocycles. The van der Waals surface area contributed by atoms with E-state index >= 15 is 0 Å². The fourth-order valence-corrected chi connectivity index (χ4v) is 2.22. The van der Waals surface area contributed by atoms with Crippen molar-refractivity contribution in [1.82, 2.24) is 0 Å². The van der Waals surface area contributed by atoms with E-state index in [2.05, 4.69) is 6.07 Å². The first-order chi connectivity index (χ1) is 7.27.